The van der Waals surface area contributed by atoms with E-state index in [0.29, 0.717) is 11.3 Å². The summed E-state index contributed by atoms with van der Waals surface area (Å²) in [6, 6.07) is 0. The van der Waals surface area contributed by atoms with Crippen LogP contribution in [-0.2, 0) is 0 Å². The maximum absolute atomic E-state index is 9.06. The first-order chi connectivity index (χ1) is 5.16. The van der Waals surface area contributed by atoms with E-state index in [9.17, 15) is 0 Å². The third kappa shape index (κ3) is 1.52. The van der Waals surface area contributed by atoms with Gasteiger partial charge in [0.05, 0.1) is 12.7 Å². The minimum atomic E-state index is -0.0967. The molecule has 0 bridgehead atoms. The van der Waals surface area contributed by atoms with Crippen molar-refractivity contribution in [1.82, 2.24) is 0 Å². The lowest BCUT2D eigenvalue weighted by Crippen LogP contribution is -1.97. The van der Waals surface area contributed by atoms with Crippen LogP contribution in [0.2, 0.25) is 0 Å². The molecule has 1 rings (SSSR count). The molecule has 4 heteroatoms. The summed E-state index contributed by atoms with van der Waals surface area (Å²) in [6.07, 6.45) is 0. The van der Waals surface area contributed by atoms with Crippen molar-refractivity contribution in [3.8, 4) is 5.75 Å². The number of aliphatic hydroxyl groups excluding tert-OH is 1. The lowest BCUT2D eigenvalue weighted by molar-refractivity contribution is 0.414. The van der Waals surface area contributed by atoms with Crippen LogP contribution < -0.4 is 4.74 Å². The molecule has 0 saturated heterocycles. The smallest absolute Gasteiger partial charge is 0.193 e. The minimum Gasteiger partial charge on any atom is -0.498 e. The van der Waals surface area contributed by atoms with Gasteiger partial charge in [-0.1, -0.05) is 0 Å². The maximum Gasteiger partial charge on any atom is 0.193 e. The fraction of sp³-hybridized carbons (Fsp3) is 0.286. The molecule has 0 aromatic carbocycles. The average molecular weight is 188 g/mol. The van der Waals surface area contributed by atoms with E-state index in [1.165, 1.54) is 11.3 Å². The largest absolute Gasteiger partial charge is 0.498 e. The van der Waals surface area contributed by atoms with Crippen molar-refractivity contribution in [2.75, 3.05) is 7.11 Å². The fourth-order valence-corrected chi connectivity index (χ4v) is 1.97. The molecular formula is C7H8O2S2. The van der Waals surface area contributed by atoms with Gasteiger partial charge in [0.15, 0.2) is 5.05 Å². The average Bonchev–Trinajstić information content (AvgIpc) is 2.30. The highest BCUT2D eigenvalue weighted by atomic mass is 32.1. The summed E-state index contributed by atoms with van der Waals surface area (Å²) in [5, 5.41) is 10.8. The number of methoxy groups -OCH3 is 1. The van der Waals surface area contributed by atoms with Crippen molar-refractivity contribution < 1.29 is 9.84 Å². The molecule has 1 aromatic heterocycles. The SMILES string of the molecule is COc1csc(C)c1C(O)=S. The Balaban J connectivity index is 3.17. The Morgan fingerprint density at radius 3 is 2.73 bits per heavy atom. The topological polar surface area (TPSA) is 29.5 Å². The lowest BCUT2D eigenvalue weighted by atomic mass is 10.3. The summed E-state index contributed by atoms with van der Waals surface area (Å²) in [4.78, 5) is 0.981. The molecule has 60 valence electrons. The first-order valence-electron chi connectivity index (χ1n) is 3.02. The third-order valence-electron chi connectivity index (χ3n) is 1.37. The van der Waals surface area contributed by atoms with Crippen LogP contribution in [0.1, 0.15) is 10.4 Å². The summed E-state index contributed by atoms with van der Waals surface area (Å²) in [5.74, 6) is 0.653. The molecule has 0 fully saturated rings. The number of ether oxygens (including phenoxy) is 1. The van der Waals surface area contributed by atoms with Gasteiger partial charge in [0.1, 0.15) is 5.75 Å². The molecule has 1 aromatic rings. The van der Waals surface area contributed by atoms with Gasteiger partial charge < -0.3 is 9.84 Å². The second kappa shape index (κ2) is 3.19. The van der Waals surface area contributed by atoms with Gasteiger partial charge in [-0.25, -0.2) is 0 Å². The van der Waals surface area contributed by atoms with Gasteiger partial charge in [0.25, 0.3) is 0 Å². The van der Waals surface area contributed by atoms with Gasteiger partial charge in [0.2, 0.25) is 0 Å². The fourth-order valence-electron chi connectivity index (χ4n) is 0.839. The van der Waals surface area contributed by atoms with E-state index in [1.807, 2.05) is 12.3 Å². The molecule has 2 nitrogen and oxygen atoms in total. The molecule has 11 heavy (non-hydrogen) atoms. The van der Waals surface area contributed by atoms with Gasteiger partial charge in [-0.05, 0) is 19.1 Å². The molecule has 0 aliphatic carbocycles. The van der Waals surface area contributed by atoms with Crippen molar-refractivity contribution in [1.29, 1.82) is 0 Å². The number of rotatable bonds is 2. The van der Waals surface area contributed by atoms with E-state index < -0.39 is 0 Å². The quantitative estimate of drug-likeness (QED) is 0.722. The van der Waals surface area contributed by atoms with Gasteiger partial charge in [-0.2, -0.15) is 0 Å². The highest BCUT2D eigenvalue weighted by Gasteiger charge is 2.12. The van der Waals surface area contributed by atoms with E-state index in [2.05, 4.69) is 12.2 Å². The minimum absolute atomic E-state index is 0.0967. The van der Waals surface area contributed by atoms with Gasteiger partial charge >= 0.3 is 0 Å². The van der Waals surface area contributed by atoms with Crippen LogP contribution >= 0.6 is 23.6 Å². The van der Waals surface area contributed by atoms with Crippen molar-refractivity contribution in [3.63, 3.8) is 0 Å². The molecule has 0 aliphatic heterocycles. The van der Waals surface area contributed by atoms with Crippen molar-refractivity contribution in [3.05, 3.63) is 15.8 Å². The van der Waals surface area contributed by atoms with Crippen molar-refractivity contribution >= 4 is 28.6 Å². The monoisotopic (exact) mass is 188 g/mol. The zero-order valence-corrected chi connectivity index (χ0v) is 7.88. The summed E-state index contributed by atoms with van der Waals surface area (Å²) in [7, 11) is 1.56. The van der Waals surface area contributed by atoms with E-state index >= 15 is 0 Å². The predicted octanol–water partition coefficient (Wildman–Crippen LogP) is 2.30. The molecule has 1 heterocycles. The number of aryl methyl sites for hydroxylation is 1. The van der Waals surface area contributed by atoms with E-state index in [-0.39, 0.29) is 5.05 Å². The number of hydrogen-bond acceptors (Lipinski definition) is 3. The zero-order valence-electron chi connectivity index (χ0n) is 6.25. The Kier molecular flexibility index (Phi) is 2.46. The third-order valence-corrected chi connectivity index (χ3v) is 2.47. The molecule has 0 unspecified atom stereocenters. The Labute approximate surface area is 74.4 Å². The van der Waals surface area contributed by atoms with Crippen LogP contribution in [0.25, 0.3) is 0 Å². The first kappa shape index (κ1) is 8.49. The molecule has 1 N–H and O–H groups in total. The zero-order chi connectivity index (χ0) is 8.43. The van der Waals surface area contributed by atoms with Crippen molar-refractivity contribution in [2.45, 2.75) is 6.92 Å². The highest BCUT2D eigenvalue weighted by molar-refractivity contribution is 7.80. The summed E-state index contributed by atoms with van der Waals surface area (Å²) < 4.78 is 4.99. The standard InChI is InChI=1S/C7H8O2S2/c1-4-6(7(8)10)5(9-2)3-11-4/h3H,1-2H3,(H,8,10). The molecule has 0 amide bonds. The van der Waals surface area contributed by atoms with Crippen LogP contribution in [0.4, 0.5) is 0 Å². The highest BCUT2D eigenvalue weighted by Crippen LogP contribution is 2.28. The second-order valence-corrected chi connectivity index (χ2v) is 3.51. The van der Waals surface area contributed by atoms with Crippen LogP contribution in [0.5, 0.6) is 5.75 Å². The molecular weight excluding hydrogens is 180 g/mol. The van der Waals surface area contributed by atoms with E-state index in [0.717, 1.165) is 4.88 Å². The van der Waals surface area contributed by atoms with Gasteiger partial charge in [-0.15, -0.1) is 11.3 Å². The normalized spacial score (nSPS) is 9.64. The number of thiophene rings is 1. The molecule has 0 radical (unpaired) electrons. The van der Waals surface area contributed by atoms with E-state index in [4.69, 9.17) is 9.84 Å². The first-order valence-corrected chi connectivity index (χ1v) is 4.31. The van der Waals surface area contributed by atoms with Crippen LogP contribution in [0.3, 0.4) is 0 Å². The number of hydrogen-bond donors (Lipinski definition) is 1. The molecule has 0 spiro atoms. The predicted molar refractivity (Wildman–Crippen MR) is 49.9 cm³/mol. The van der Waals surface area contributed by atoms with Gasteiger partial charge in [-0.3, -0.25) is 0 Å². The second-order valence-electron chi connectivity index (χ2n) is 2.04. The van der Waals surface area contributed by atoms with Crippen molar-refractivity contribution in [2.24, 2.45) is 0 Å². The van der Waals surface area contributed by atoms with E-state index in [1.54, 1.807) is 7.11 Å². The maximum atomic E-state index is 9.06. The Bertz CT molecular complexity index is 278. The summed E-state index contributed by atoms with van der Waals surface area (Å²) >= 11 is 6.15. The molecule has 0 aliphatic rings. The van der Waals surface area contributed by atoms with Crippen LogP contribution in [0.15, 0.2) is 5.38 Å². The van der Waals surface area contributed by atoms with Gasteiger partial charge in [0, 0.05) is 10.3 Å². The number of thiocarbonyl (C=S) groups is 1. The molecule has 0 saturated carbocycles. The van der Waals surface area contributed by atoms with Crippen LogP contribution in [0, 0.1) is 6.92 Å². The number of aliphatic hydroxyl groups is 1. The Hall–Kier alpha value is -0.610. The van der Waals surface area contributed by atoms with Crippen LogP contribution in [-0.4, -0.2) is 17.3 Å². The summed E-state index contributed by atoms with van der Waals surface area (Å²) in [5.41, 5.74) is 0.646. The summed E-state index contributed by atoms with van der Waals surface area (Å²) in [6.45, 7) is 1.89. The molecule has 0 atom stereocenters. The Morgan fingerprint density at radius 1 is 1.73 bits per heavy atom. The lowest BCUT2D eigenvalue weighted by Gasteiger charge is -1.99. The Morgan fingerprint density at radius 2 is 2.36 bits per heavy atom.